The van der Waals surface area contributed by atoms with Crippen LogP contribution in [-0.4, -0.2) is 11.5 Å². The predicted molar refractivity (Wildman–Crippen MR) is 90.2 cm³/mol. The van der Waals surface area contributed by atoms with Crippen molar-refractivity contribution in [2.45, 2.75) is 12.8 Å². The number of thioether (sulfide) groups is 1. The predicted octanol–water partition coefficient (Wildman–Crippen LogP) is 4.76. The van der Waals surface area contributed by atoms with Crippen LogP contribution in [0.3, 0.4) is 0 Å². The minimum Gasteiger partial charge on any atom is -0.300 e. The molecular formula is C19H18OS. The van der Waals surface area contributed by atoms with Crippen molar-refractivity contribution in [2.75, 3.05) is 5.75 Å². The molecule has 106 valence electrons. The van der Waals surface area contributed by atoms with Gasteiger partial charge in [0.05, 0.1) is 0 Å². The van der Waals surface area contributed by atoms with E-state index in [2.05, 4.69) is 42.5 Å². The molecule has 0 aromatic heterocycles. The minimum absolute atomic E-state index is 0.0739. The molecule has 1 heterocycles. The molecule has 0 N–H and O–H groups in total. The monoisotopic (exact) mass is 294 g/mol. The maximum absolute atomic E-state index is 12.0. The van der Waals surface area contributed by atoms with Crippen LogP contribution in [0.2, 0.25) is 0 Å². The van der Waals surface area contributed by atoms with Crippen LogP contribution < -0.4 is 0 Å². The van der Waals surface area contributed by atoms with Crippen molar-refractivity contribution in [3.63, 3.8) is 0 Å². The molecule has 2 atom stereocenters. The van der Waals surface area contributed by atoms with Crippen molar-refractivity contribution in [3.8, 4) is 0 Å². The molecule has 0 spiro atoms. The smallest absolute Gasteiger partial charge is 0.134 e. The summed E-state index contributed by atoms with van der Waals surface area (Å²) in [6, 6.07) is 20.8. The van der Waals surface area contributed by atoms with E-state index in [0.717, 1.165) is 5.75 Å². The zero-order chi connectivity index (χ0) is 14.7. The van der Waals surface area contributed by atoms with Crippen LogP contribution in [-0.2, 0) is 4.79 Å². The van der Waals surface area contributed by atoms with Gasteiger partial charge in [-0.1, -0.05) is 66.7 Å². The summed E-state index contributed by atoms with van der Waals surface area (Å²) in [4.78, 5) is 13.3. The van der Waals surface area contributed by atoms with E-state index in [1.807, 2.05) is 24.3 Å². The van der Waals surface area contributed by atoms with Gasteiger partial charge in [-0.3, -0.25) is 4.79 Å². The zero-order valence-corrected chi connectivity index (χ0v) is 12.8. The van der Waals surface area contributed by atoms with Crippen molar-refractivity contribution >= 4 is 22.5 Å². The van der Waals surface area contributed by atoms with Crippen molar-refractivity contribution in [2.24, 2.45) is 5.92 Å². The summed E-state index contributed by atoms with van der Waals surface area (Å²) in [6.45, 7) is 1.71. The van der Waals surface area contributed by atoms with E-state index in [4.69, 9.17) is 0 Å². The molecule has 0 bridgehead atoms. The molecule has 21 heavy (non-hydrogen) atoms. The molecule has 0 saturated heterocycles. The second-order valence-corrected chi connectivity index (χ2v) is 6.42. The van der Waals surface area contributed by atoms with Crippen LogP contribution >= 0.6 is 11.8 Å². The van der Waals surface area contributed by atoms with Gasteiger partial charge in [-0.2, -0.15) is 0 Å². The molecule has 3 rings (SSSR count). The van der Waals surface area contributed by atoms with Gasteiger partial charge in [-0.25, -0.2) is 0 Å². The third-order valence-corrected chi connectivity index (χ3v) is 5.16. The Morgan fingerprint density at radius 2 is 1.62 bits per heavy atom. The first-order valence-electron chi connectivity index (χ1n) is 7.21. The van der Waals surface area contributed by atoms with E-state index in [1.54, 1.807) is 18.7 Å². The lowest BCUT2D eigenvalue weighted by Crippen LogP contribution is -2.24. The number of carbonyl (C=O) groups is 1. The lowest BCUT2D eigenvalue weighted by Gasteiger charge is -2.28. The molecule has 2 heteroatoms. The van der Waals surface area contributed by atoms with Gasteiger partial charge in [-0.15, -0.1) is 11.8 Å². The summed E-state index contributed by atoms with van der Waals surface area (Å²) < 4.78 is 0. The van der Waals surface area contributed by atoms with Gasteiger partial charge in [0.2, 0.25) is 0 Å². The van der Waals surface area contributed by atoms with Gasteiger partial charge in [0.25, 0.3) is 0 Å². The number of Topliss-reactive ketones (excluding diaryl/α,β-unsaturated/α-hetero) is 1. The van der Waals surface area contributed by atoms with E-state index in [1.165, 1.54) is 16.0 Å². The summed E-state index contributed by atoms with van der Waals surface area (Å²) in [7, 11) is 0. The summed E-state index contributed by atoms with van der Waals surface area (Å²) in [5, 5.41) is 0. The standard InChI is InChI=1S/C19H18OS/c1-14(20)18-13-21-19(16-10-6-3-7-11-16)12-17(18)15-8-4-2-5-9-15/h2-12,17-18H,13H2,1H3. The Bertz CT molecular complexity index is 646. The Morgan fingerprint density at radius 3 is 2.24 bits per heavy atom. The van der Waals surface area contributed by atoms with E-state index < -0.39 is 0 Å². The molecule has 2 aromatic carbocycles. The van der Waals surface area contributed by atoms with E-state index in [-0.39, 0.29) is 17.6 Å². The van der Waals surface area contributed by atoms with Crippen molar-refractivity contribution < 1.29 is 4.79 Å². The Labute approximate surface area is 130 Å². The Balaban J connectivity index is 2.00. The van der Waals surface area contributed by atoms with Crippen LogP contribution in [0, 0.1) is 5.92 Å². The van der Waals surface area contributed by atoms with Gasteiger partial charge in [0.1, 0.15) is 5.78 Å². The fraction of sp³-hybridized carbons (Fsp3) is 0.211. The Hall–Kier alpha value is -1.80. The van der Waals surface area contributed by atoms with Crippen molar-refractivity contribution in [1.82, 2.24) is 0 Å². The van der Waals surface area contributed by atoms with Gasteiger partial charge in [-0.05, 0) is 18.1 Å². The van der Waals surface area contributed by atoms with E-state index in [9.17, 15) is 4.79 Å². The van der Waals surface area contributed by atoms with Crippen LogP contribution in [0.1, 0.15) is 24.0 Å². The molecular weight excluding hydrogens is 276 g/mol. The highest BCUT2D eigenvalue weighted by Crippen LogP contribution is 2.42. The number of rotatable bonds is 3. The third kappa shape index (κ3) is 3.11. The molecule has 2 unspecified atom stereocenters. The number of hydrogen-bond donors (Lipinski definition) is 0. The fourth-order valence-electron chi connectivity index (χ4n) is 2.77. The maximum atomic E-state index is 12.0. The summed E-state index contributed by atoms with van der Waals surface area (Å²) in [6.07, 6.45) is 2.27. The van der Waals surface area contributed by atoms with Crippen LogP contribution in [0.5, 0.6) is 0 Å². The number of allylic oxidation sites excluding steroid dienone is 1. The van der Waals surface area contributed by atoms with Crippen LogP contribution in [0.25, 0.3) is 4.91 Å². The average Bonchev–Trinajstić information content (AvgIpc) is 2.56. The van der Waals surface area contributed by atoms with Gasteiger partial charge >= 0.3 is 0 Å². The molecule has 2 aromatic rings. The molecule has 0 radical (unpaired) electrons. The van der Waals surface area contributed by atoms with Gasteiger partial charge in [0.15, 0.2) is 0 Å². The number of benzene rings is 2. The SMILES string of the molecule is CC(=O)C1CSC(c2ccccc2)=CC1c1ccccc1. The fourth-order valence-corrected chi connectivity index (χ4v) is 4.11. The lowest BCUT2D eigenvalue weighted by atomic mass is 9.84. The van der Waals surface area contributed by atoms with Crippen LogP contribution in [0.4, 0.5) is 0 Å². The second-order valence-electron chi connectivity index (χ2n) is 5.36. The molecule has 0 amide bonds. The van der Waals surface area contributed by atoms with Gasteiger partial charge in [0, 0.05) is 22.5 Å². The van der Waals surface area contributed by atoms with Gasteiger partial charge < -0.3 is 0 Å². The highest BCUT2D eigenvalue weighted by atomic mass is 32.2. The number of ketones is 1. The highest BCUT2D eigenvalue weighted by molar-refractivity contribution is 8.08. The van der Waals surface area contributed by atoms with Crippen molar-refractivity contribution in [3.05, 3.63) is 77.9 Å². The molecule has 0 fully saturated rings. The largest absolute Gasteiger partial charge is 0.300 e. The number of carbonyl (C=O) groups excluding carboxylic acids is 1. The summed E-state index contributed by atoms with van der Waals surface area (Å²) >= 11 is 1.79. The van der Waals surface area contributed by atoms with E-state index >= 15 is 0 Å². The third-order valence-electron chi connectivity index (χ3n) is 3.95. The number of hydrogen-bond acceptors (Lipinski definition) is 2. The zero-order valence-electron chi connectivity index (χ0n) is 12.0. The summed E-state index contributed by atoms with van der Waals surface area (Å²) in [5.41, 5.74) is 2.47. The molecule has 1 aliphatic rings. The minimum atomic E-state index is 0.0739. The Morgan fingerprint density at radius 1 is 1.00 bits per heavy atom. The highest BCUT2D eigenvalue weighted by Gasteiger charge is 2.30. The van der Waals surface area contributed by atoms with Crippen LogP contribution in [0.15, 0.2) is 66.7 Å². The average molecular weight is 294 g/mol. The van der Waals surface area contributed by atoms with E-state index in [0.29, 0.717) is 0 Å². The first-order valence-corrected chi connectivity index (χ1v) is 8.19. The maximum Gasteiger partial charge on any atom is 0.134 e. The topological polar surface area (TPSA) is 17.1 Å². The quantitative estimate of drug-likeness (QED) is 0.811. The first-order chi connectivity index (χ1) is 10.3. The lowest BCUT2D eigenvalue weighted by molar-refractivity contribution is -0.120. The molecule has 0 saturated carbocycles. The first kappa shape index (κ1) is 14.2. The normalized spacial score (nSPS) is 21.7. The molecule has 0 aliphatic carbocycles. The summed E-state index contributed by atoms with van der Waals surface area (Å²) in [5.74, 6) is 1.39. The van der Waals surface area contributed by atoms with Crippen molar-refractivity contribution in [1.29, 1.82) is 0 Å². The second kappa shape index (κ2) is 6.31. The Kier molecular flexibility index (Phi) is 4.26. The molecule has 1 aliphatic heterocycles. The molecule has 1 nitrogen and oxygen atoms in total.